The summed E-state index contributed by atoms with van der Waals surface area (Å²) in [6.07, 6.45) is 3.34. The lowest BCUT2D eigenvalue weighted by atomic mass is 10.0. The van der Waals surface area contributed by atoms with Crippen molar-refractivity contribution in [1.82, 2.24) is 0 Å². The molecular weight excluding hydrogens is 356 g/mol. The average Bonchev–Trinajstić information content (AvgIpc) is 2.75. The van der Waals surface area contributed by atoms with Crippen molar-refractivity contribution in [3.8, 4) is 23.0 Å². The summed E-state index contributed by atoms with van der Waals surface area (Å²) in [5.41, 5.74) is 1.38. The van der Waals surface area contributed by atoms with E-state index in [-0.39, 0.29) is 5.78 Å². The maximum atomic E-state index is 12.7. The molecule has 144 valence electrons. The van der Waals surface area contributed by atoms with Gasteiger partial charge in [0.15, 0.2) is 17.3 Å². The van der Waals surface area contributed by atoms with Gasteiger partial charge in [0.05, 0.1) is 28.4 Å². The second-order valence-corrected chi connectivity index (χ2v) is 6.01. The molecule has 0 saturated carbocycles. The number of hydrogen-bond donors (Lipinski definition) is 0. The van der Waals surface area contributed by atoms with Crippen molar-refractivity contribution in [2.75, 3.05) is 28.4 Å². The maximum absolute atomic E-state index is 12.7. The minimum Gasteiger partial charge on any atom is -0.496 e. The van der Waals surface area contributed by atoms with E-state index in [1.54, 1.807) is 25.3 Å². The molecule has 0 saturated heterocycles. The fraction of sp³-hybridized carbons (Fsp3) is 0.174. The molecule has 0 spiro atoms. The van der Waals surface area contributed by atoms with Crippen molar-refractivity contribution in [3.05, 3.63) is 65.7 Å². The van der Waals surface area contributed by atoms with Gasteiger partial charge in [0, 0.05) is 10.9 Å². The molecule has 0 N–H and O–H groups in total. The fourth-order valence-electron chi connectivity index (χ4n) is 3.10. The molecular formula is C23H22O5. The van der Waals surface area contributed by atoms with Gasteiger partial charge >= 0.3 is 0 Å². The highest BCUT2D eigenvalue weighted by atomic mass is 16.5. The zero-order chi connectivity index (χ0) is 20.1. The van der Waals surface area contributed by atoms with Gasteiger partial charge in [-0.15, -0.1) is 0 Å². The zero-order valence-electron chi connectivity index (χ0n) is 16.3. The zero-order valence-corrected chi connectivity index (χ0v) is 16.3. The number of hydrogen-bond acceptors (Lipinski definition) is 5. The van der Waals surface area contributed by atoms with Gasteiger partial charge in [-0.25, -0.2) is 0 Å². The number of carbonyl (C=O) groups excluding carboxylic acids is 1. The van der Waals surface area contributed by atoms with Gasteiger partial charge in [0.2, 0.25) is 5.75 Å². The SMILES string of the molecule is COc1cc(C(=O)/C=C/c2ccc(OC)c3ccccc23)cc(OC)c1OC. The van der Waals surface area contributed by atoms with E-state index in [4.69, 9.17) is 18.9 Å². The van der Waals surface area contributed by atoms with Crippen molar-refractivity contribution >= 4 is 22.6 Å². The Hall–Kier alpha value is -3.47. The Morgan fingerprint density at radius 3 is 1.93 bits per heavy atom. The van der Waals surface area contributed by atoms with Gasteiger partial charge in [0.1, 0.15) is 5.75 Å². The number of ketones is 1. The molecule has 5 heteroatoms. The van der Waals surface area contributed by atoms with Crippen LogP contribution in [0.2, 0.25) is 0 Å². The van der Waals surface area contributed by atoms with Crippen LogP contribution in [0.15, 0.2) is 54.6 Å². The lowest BCUT2D eigenvalue weighted by Gasteiger charge is -2.13. The number of allylic oxidation sites excluding steroid dienone is 1. The molecule has 0 heterocycles. The molecule has 0 bridgehead atoms. The maximum Gasteiger partial charge on any atom is 0.203 e. The van der Waals surface area contributed by atoms with E-state index in [1.807, 2.05) is 36.4 Å². The van der Waals surface area contributed by atoms with Crippen LogP contribution in [0.25, 0.3) is 16.8 Å². The van der Waals surface area contributed by atoms with E-state index >= 15 is 0 Å². The van der Waals surface area contributed by atoms with E-state index in [2.05, 4.69) is 0 Å². The number of methoxy groups -OCH3 is 4. The van der Waals surface area contributed by atoms with Crippen LogP contribution >= 0.6 is 0 Å². The Kier molecular flexibility index (Phi) is 5.84. The monoisotopic (exact) mass is 378 g/mol. The van der Waals surface area contributed by atoms with E-state index in [0.717, 1.165) is 22.1 Å². The van der Waals surface area contributed by atoms with E-state index < -0.39 is 0 Å². The first-order valence-corrected chi connectivity index (χ1v) is 8.71. The predicted molar refractivity (Wildman–Crippen MR) is 110 cm³/mol. The molecule has 28 heavy (non-hydrogen) atoms. The Bertz CT molecular complexity index is 1010. The van der Waals surface area contributed by atoms with Gasteiger partial charge < -0.3 is 18.9 Å². The summed E-state index contributed by atoms with van der Waals surface area (Å²) in [6, 6.07) is 15.0. The fourth-order valence-corrected chi connectivity index (χ4v) is 3.10. The molecule has 3 aromatic rings. The summed E-state index contributed by atoms with van der Waals surface area (Å²) in [4.78, 5) is 12.7. The second kappa shape index (κ2) is 8.48. The number of benzene rings is 3. The quantitative estimate of drug-likeness (QED) is 0.438. The third-order valence-corrected chi connectivity index (χ3v) is 4.50. The van der Waals surface area contributed by atoms with Crippen LogP contribution in [0.1, 0.15) is 15.9 Å². The third-order valence-electron chi connectivity index (χ3n) is 4.50. The minimum atomic E-state index is -0.167. The van der Waals surface area contributed by atoms with Crippen molar-refractivity contribution in [2.45, 2.75) is 0 Å². The van der Waals surface area contributed by atoms with Crippen LogP contribution in [0.4, 0.5) is 0 Å². The standard InChI is InChI=1S/C23H22O5/c1-25-20-12-10-15(17-7-5-6-8-18(17)20)9-11-19(24)16-13-21(26-2)23(28-4)22(14-16)27-3/h5-14H,1-4H3/b11-9+. The first-order valence-electron chi connectivity index (χ1n) is 8.71. The van der Waals surface area contributed by atoms with Crippen LogP contribution in [0.5, 0.6) is 23.0 Å². The van der Waals surface area contributed by atoms with Crippen LogP contribution in [0.3, 0.4) is 0 Å². The van der Waals surface area contributed by atoms with Gasteiger partial charge in [-0.1, -0.05) is 36.4 Å². The molecule has 0 aliphatic heterocycles. The Morgan fingerprint density at radius 2 is 1.36 bits per heavy atom. The first-order chi connectivity index (χ1) is 13.6. The Labute approximate surface area is 164 Å². The highest BCUT2D eigenvalue weighted by Crippen LogP contribution is 2.38. The molecule has 0 aliphatic carbocycles. The molecule has 3 aromatic carbocycles. The van der Waals surface area contributed by atoms with Crippen molar-refractivity contribution < 1.29 is 23.7 Å². The van der Waals surface area contributed by atoms with Crippen molar-refractivity contribution in [1.29, 1.82) is 0 Å². The van der Waals surface area contributed by atoms with Crippen LogP contribution < -0.4 is 18.9 Å². The molecule has 3 rings (SSSR count). The highest BCUT2D eigenvalue weighted by Gasteiger charge is 2.16. The number of ether oxygens (including phenoxy) is 4. The summed E-state index contributed by atoms with van der Waals surface area (Å²) < 4.78 is 21.4. The predicted octanol–water partition coefficient (Wildman–Crippen LogP) is 4.77. The van der Waals surface area contributed by atoms with E-state index in [9.17, 15) is 4.79 Å². The number of rotatable bonds is 7. The smallest absolute Gasteiger partial charge is 0.203 e. The number of carbonyl (C=O) groups is 1. The summed E-state index contributed by atoms with van der Waals surface area (Å²) in [5, 5.41) is 2.00. The van der Waals surface area contributed by atoms with Gasteiger partial charge in [-0.2, -0.15) is 0 Å². The summed E-state index contributed by atoms with van der Waals surface area (Å²) in [5.74, 6) is 1.96. The van der Waals surface area contributed by atoms with Crippen LogP contribution in [0, 0.1) is 0 Å². The summed E-state index contributed by atoms with van der Waals surface area (Å²) in [7, 11) is 6.21. The largest absolute Gasteiger partial charge is 0.496 e. The number of fused-ring (bicyclic) bond motifs is 1. The van der Waals surface area contributed by atoms with Gasteiger partial charge in [-0.05, 0) is 35.2 Å². The van der Waals surface area contributed by atoms with E-state index in [1.165, 1.54) is 27.4 Å². The molecule has 5 nitrogen and oxygen atoms in total. The summed E-state index contributed by atoms with van der Waals surface area (Å²) in [6.45, 7) is 0. The van der Waals surface area contributed by atoms with E-state index in [0.29, 0.717) is 22.8 Å². The summed E-state index contributed by atoms with van der Waals surface area (Å²) >= 11 is 0. The lowest BCUT2D eigenvalue weighted by molar-refractivity contribution is 0.104. The molecule has 0 radical (unpaired) electrons. The Morgan fingerprint density at radius 1 is 0.750 bits per heavy atom. The minimum absolute atomic E-state index is 0.167. The molecule has 0 atom stereocenters. The van der Waals surface area contributed by atoms with Crippen molar-refractivity contribution in [3.63, 3.8) is 0 Å². The van der Waals surface area contributed by atoms with Crippen LogP contribution in [-0.4, -0.2) is 34.2 Å². The highest BCUT2D eigenvalue weighted by molar-refractivity contribution is 6.08. The molecule has 0 amide bonds. The third kappa shape index (κ3) is 3.64. The average molecular weight is 378 g/mol. The molecule has 0 aliphatic rings. The van der Waals surface area contributed by atoms with Crippen molar-refractivity contribution in [2.24, 2.45) is 0 Å². The Balaban J connectivity index is 1.98. The topological polar surface area (TPSA) is 54.0 Å². The molecule has 0 unspecified atom stereocenters. The second-order valence-electron chi connectivity index (χ2n) is 6.01. The van der Waals surface area contributed by atoms with Gasteiger partial charge in [0.25, 0.3) is 0 Å². The van der Waals surface area contributed by atoms with Gasteiger partial charge in [-0.3, -0.25) is 4.79 Å². The molecule has 0 fully saturated rings. The molecule has 0 aromatic heterocycles. The first kappa shape index (κ1) is 19.3. The normalized spacial score (nSPS) is 10.9. The lowest BCUT2D eigenvalue weighted by Crippen LogP contribution is -2.00. The van der Waals surface area contributed by atoms with Crippen LogP contribution in [-0.2, 0) is 0 Å².